The average Bonchev–Trinajstić information content (AvgIpc) is 2.55. The van der Waals surface area contributed by atoms with Crippen LogP contribution in [0.5, 0.6) is 0 Å². The summed E-state index contributed by atoms with van der Waals surface area (Å²) in [5.74, 6) is -0.254. The lowest BCUT2D eigenvalue weighted by molar-refractivity contribution is -0.120. The molecule has 24 heavy (non-hydrogen) atoms. The predicted octanol–water partition coefficient (Wildman–Crippen LogP) is 2.65. The van der Waals surface area contributed by atoms with Crippen molar-refractivity contribution in [1.29, 1.82) is 0 Å². The SMILES string of the molecule is Cc1ccc(C(=O)NC2=N[C@@H](c3ccc(C)cc3)CC(=O)N2)cc1. The van der Waals surface area contributed by atoms with Gasteiger partial charge < -0.3 is 0 Å². The maximum Gasteiger partial charge on any atom is 0.257 e. The third-order valence-electron chi connectivity index (χ3n) is 3.93. The van der Waals surface area contributed by atoms with Crippen LogP contribution in [0.25, 0.3) is 0 Å². The Hall–Kier alpha value is -2.95. The molecule has 0 radical (unpaired) electrons. The van der Waals surface area contributed by atoms with Crippen LogP contribution in [0.2, 0.25) is 0 Å². The van der Waals surface area contributed by atoms with Crippen molar-refractivity contribution in [1.82, 2.24) is 10.6 Å². The van der Waals surface area contributed by atoms with Gasteiger partial charge in [0.25, 0.3) is 5.91 Å². The van der Waals surface area contributed by atoms with Crippen LogP contribution in [0.15, 0.2) is 53.5 Å². The Bertz CT molecular complexity index is 792. The van der Waals surface area contributed by atoms with Crippen LogP contribution in [0.4, 0.5) is 0 Å². The maximum absolute atomic E-state index is 12.3. The van der Waals surface area contributed by atoms with Crippen LogP contribution in [0.1, 0.15) is 39.5 Å². The molecule has 2 aromatic rings. The molecule has 0 aliphatic carbocycles. The van der Waals surface area contributed by atoms with Crippen LogP contribution in [-0.4, -0.2) is 17.8 Å². The summed E-state index contributed by atoms with van der Waals surface area (Å²) < 4.78 is 0. The Kier molecular flexibility index (Phi) is 4.42. The molecule has 5 heteroatoms. The highest BCUT2D eigenvalue weighted by atomic mass is 16.2. The van der Waals surface area contributed by atoms with Gasteiger partial charge in [0.2, 0.25) is 11.9 Å². The fourth-order valence-corrected chi connectivity index (χ4v) is 2.52. The zero-order chi connectivity index (χ0) is 17.1. The first-order chi connectivity index (χ1) is 11.5. The minimum Gasteiger partial charge on any atom is -0.296 e. The molecular weight excluding hydrogens is 302 g/mol. The van der Waals surface area contributed by atoms with Crippen LogP contribution in [-0.2, 0) is 4.79 Å². The molecule has 3 rings (SSSR count). The number of benzene rings is 2. The van der Waals surface area contributed by atoms with Crippen molar-refractivity contribution in [2.45, 2.75) is 26.3 Å². The first kappa shape index (κ1) is 15.9. The van der Waals surface area contributed by atoms with Gasteiger partial charge in [-0.3, -0.25) is 20.2 Å². The first-order valence-electron chi connectivity index (χ1n) is 7.83. The molecule has 0 fully saturated rings. The van der Waals surface area contributed by atoms with Crippen LogP contribution < -0.4 is 10.6 Å². The van der Waals surface area contributed by atoms with Gasteiger partial charge >= 0.3 is 0 Å². The summed E-state index contributed by atoms with van der Waals surface area (Å²) in [6.07, 6.45) is 0.271. The van der Waals surface area contributed by atoms with E-state index < -0.39 is 0 Å². The number of carbonyl (C=O) groups excluding carboxylic acids is 2. The van der Waals surface area contributed by atoms with E-state index in [0.29, 0.717) is 5.56 Å². The molecule has 2 amide bonds. The number of carbonyl (C=O) groups is 2. The Morgan fingerprint density at radius 2 is 1.62 bits per heavy atom. The van der Waals surface area contributed by atoms with Gasteiger partial charge in [0, 0.05) is 5.56 Å². The summed E-state index contributed by atoms with van der Waals surface area (Å²) in [4.78, 5) is 28.7. The Morgan fingerprint density at radius 3 is 2.25 bits per heavy atom. The molecule has 1 atom stereocenters. The van der Waals surface area contributed by atoms with Crippen molar-refractivity contribution < 1.29 is 9.59 Å². The highest BCUT2D eigenvalue weighted by molar-refractivity contribution is 6.10. The first-order valence-corrected chi connectivity index (χ1v) is 7.83. The Balaban J connectivity index is 1.78. The lowest BCUT2D eigenvalue weighted by Gasteiger charge is -2.21. The molecule has 0 aromatic heterocycles. The molecule has 0 spiro atoms. The summed E-state index contributed by atoms with van der Waals surface area (Å²) in [6, 6.07) is 14.8. The minimum atomic E-state index is -0.293. The van der Waals surface area contributed by atoms with Crippen molar-refractivity contribution in [3.63, 3.8) is 0 Å². The number of nitrogens with zero attached hydrogens (tertiary/aromatic N) is 1. The van der Waals surface area contributed by atoms with Gasteiger partial charge in [-0.25, -0.2) is 4.99 Å². The third kappa shape index (κ3) is 3.68. The van der Waals surface area contributed by atoms with E-state index in [1.165, 1.54) is 0 Å². The molecule has 1 aliphatic rings. The van der Waals surface area contributed by atoms with Gasteiger partial charge in [0.15, 0.2) is 0 Å². The highest BCUT2D eigenvalue weighted by Gasteiger charge is 2.23. The minimum absolute atomic E-state index is 0.158. The van der Waals surface area contributed by atoms with E-state index in [1.807, 2.05) is 50.2 Å². The van der Waals surface area contributed by atoms with Crippen molar-refractivity contribution >= 4 is 17.8 Å². The number of nitrogens with one attached hydrogen (secondary N) is 2. The van der Waals surface area contributed by atoms with Crippen LogP contribution >= 0.6 is 0 Å². The maximum atomic E-state index is 12.3. The van der Waals surface area contributed by atoms with Gasteiger partial charge in [-0.05, 0) is 31.5 Å². The predicted molar refractivity (Wildman–Crippen MR) is 92.8 cm³/mol. The lowest BCUT2D eigenvalue weighted by atomic mass is 10.0. The molecule has 0 saturated heterocycles. The van der Waals surface area contributed by atoms with E-state index in [1.54, 1.807) is 12.1 Å². The lowest BCUT2D eigenvalue weighted by Crippen LogP contribution is -2.47. The van der Waals surface area contributed by atoms with Crippen LogP contribution in [0.3, 0.4) is 0 Å². The fourth-order valence-electron chi connectivity index (χ4n) is 2.52. The molecule has 0 unspecified atom stereocenters. The zero-order valence-corrected chi connectivity index (χ0v) is 13.7. The molecule has 1 aliphatic heterocycles. The number of aliphatic imine (C=N–C) groups is 1. The summed E-state index contributed by atoms with van der Waals surface area (Å²) in [5.41, 5.74) is 3.71. The Labute approximate surface area is 140 Å². The number of amides is 2. The number of hydrogen-bond acceptors (Lipinski definition) is 3. The standard InChI is InChI=1S/C19H19N3O2/c1-12-3-7-14(8-4-12)16-11-17(23)21-19(20-16)22-18(24)15-9-5-13(2)6-10-15/h3-10,16H,11H2,1-2H3,(H2,20,21,22,23,24)/t16-/m1/s1. The Morgan fingerprint density at radius 1 is 1.04 bits per heavy atom. The number of rotatable bonds is 2. The second-order valence-electron chi connectivity index (χ2n) is 5.98. The number of guanidine groups is 1. The molecule has 5 nitrogen and oxygen atoms in total. The monoisotopic (exact) mass is 321 g/mol. The average molecular weight is 321 g/mol. The normalized spacial score (nSPS) is 17.0. The van der Waals surface area contributed by atoms with Gasteiger partial charge in [-0.15, -0.1) is 0 Å². The second-order valence-corrected chi connectivity index (χ2v) is 5.98. The van der Waals surface area contributed by atoms with Crippen molar-refractivity contribution in [2.24, 2.45) is 4.99 Å². The summed E-state index contributed by atoms with van der Waals surface area (Å²) >= 11 is 0. The van der Waals surface area contributed by atoms with E-state index in [0.717, 1.165) is 16.7 Å². The summed E-state index contributed by atoms with van der Waals surface area (Å²) in [7, 11) is 0. The van der Waals surface area contributed by atoms with Crippen molar-refractivity contribution in [3.8, 4) is 0 Å². The van der Waals surface area contributed by atoms with E-state index >= 15 is 0 Å². The number of aryl methyl sites for hydroxylation is 2. The van der Waals surface area contributed by atoms with E-state index in [4.69, 9.17) is 0 Å². The van der Waals surface area contributed by atoms with E-state index in [9.17, 15) is 9.59 Å². The fraction of sp³-hybridized carbons (Fsp3) is 0.211. The molecule has 0 bridgehead atoms. The molecule has 0 saturated carbocycles. The van der Waals surface area contributed by atoms with E-state index in [2.05, 4.69) is 15.6 Å². The number of hydrogen-bond donors (Lipinski definition) is 2. The van der Waals surface area contributed by atoms with Gasteiger partial charge in [-0.1, -0.05) is 47.5 Å². The smallest absolute Gasteiger partial charge is 0.257 e. The second kappa shape index (κ2) is 6.66. The van der Waals surface area contributed by atoms with Gasteiger partial charge in [0.1, 0.15) is 0 Å². The highest BCUT2D eigenvalue weighted by Crippen LogP contribution is 2.23. The van der Waals surface area contributed by atoms with Crippen LogP contribution in [0, 0.1) is 13.8 Å². The zero-order valence-electron chi connectivity index (χ0n) is 13.7. The topological polar surface area (TPSA) is 70.6 Å². The largest absolute Gasteiger partial charge is 0.296 e. The molecular formula is C19H19N3O2. The third-order valence-corrected chi connectivity index (χ3v) is 3.93. The molecule has 1 heterocycles. The molecule has 122 valence electrons. The molecule has 2 aromatic carbocycles. The van der Waals surface area contributed by atoms with Crippen molar-refractivity contribution in [3.05, 3.63) is 70.8 Å². The molecule has 2 N–H and O–H groups in total. The van der Waals surface area contributed by atoms with Gasteiger partial charge in [-0.2, -0.15) is 0 Å². The van der Waals surface area contributed by atoms with Crippen molar-refractivity contribution in [2.75, 3.05) is 0 Å². The summed E-state index contributed by atoms with van der Waals surface area (Å²) in [5, 5.41) is 5.29. The quantitative estimate of drug-likeness (QED) is 0.892. The summed E-state index contributed by atoms with van der Waals surface area (Å²) in [6.45, 7) is 3.97. The van der Waals surface area contributed by atoms with E-state index in [-0.39, 0.29) is 30.2 Å². The van der Waals surface area contributed by atoms with Gasteiger partial charge in [0.05, 0.1) is 12.5 Å².